The maximum absolute atomic E-state index is 10.4. The van der Waals surface area contributed by atoms with Crippen molar-refractivity contribution in [2.75, 3.05) is 11.4 Å². The van der Waals surface area contributed by atoms with E-state index in [0.717, 1.165) is 16.8 Å². The van der Waals surface area contributed by atoms with Gasteiger partial charge in [-0.05, 0) is 29.2 Å². The third-order valence-corrected chi connectivity index (χ3v) is 4.54. The molecule has 1 atom stereocenters. The molecule has 0 fully saturated rings. The zero-order valence-corrected chi connectivity index (χ0v) is 14.4. The minimum absolute atomic E-state index is 0.140. The molecule has 0 bridgehead atoms. The summed E-state index contributed by atoms with van der Waals surface area (Å²) in [5, 5.41) is 28.2. The Morgan fingerprint density at radius 2 is 1.72 bits per heavy atom. The van der Waals surface area contributed by atoms with Crippen LogP contribution in [-0.4, -0.2) is 17.5 Å². The molecule has 0 aliphatic carbocycles. The second kappa shape index (κ2) is 6.82. The Morgan fingerprint density at radius 1 is 1.08 bits per heavy atom. The Bertz CT molecular complexity index is 845. The van der Waals surface area contributed by atoms with Gasteiger partial charge in [-0.25, -0.2) is 0 Å². The molecule has 0 saturated heterocycles. The molecule has 2 aromatic rings. The lowest BCUT2D eigenvalue weighted by Crippen LogP contribution is -2.26. The van der Waals surface area contributed by atoms with Crippen LogP contribution in [0.3, 0.4) is 0 Å². The summed E-state index contributed by atoms with van der Waals surface area (Å²) in [6.07, 6.45) is 0. The van der Waals surface area contributed by atoms with Crippen LogP contribution in [0.5, 0.6) is 0 Å². The Kier molecular flexibility index (Phi) is 4.58. The Morgan fingerprint density at radius 3 is 2.28 bits per heavy atom. The minimum atomic E-state index is -0.140. The van der Waals surface area contributed by atoms with Gasteiger partial charge in [-0.15, -0.1) is 0 Å². The number of aliphatic hydroxyl groups excluding tert-OH is 1. The van der Waals surface area contributed by atoms with Crippen LogP contribution in [0, 0.1) is 22.7 Å². The van der Waals surface area contributed by atoms with Crippen molar-refractivity contribution >= 4 is 17.1 Å². The molecule has 0 spiro atoms. The van der Waals surface area contributed by atoms with Crippen LogP contribution in [0.25, 0.3) is 5.57 Å². The molecule has 0 aromatic heterocycles. The van der Waals surface area contributed by atoms with Crippen molar-refractivity contribution in [3.05, 3.63) is 71.5 Å². The number of anilines is 1. The molecule has 0 unspecified atom stereocenters. The SMILES string of the molecule is CC(C)[C@H](C#N)c1ccc(N2CC(O)=C(c3ccccc3)C2=N)cc1. The predicted octanol–water partition coefficient (Wildman–Crippen LogP) is 4.72. The van der Waals surface area contributed by atoms with Gasteiger partial charge in [-0.1, -0.05) is 56.3 Å². The molecular weight excluding hydrogens is 310 g/mol. The molecule has 0 radical (unpaired) electrons. The zero-order valence-electron chi connectivity index (χ0n) is 14.4. The second-order valence-corrected chi connectivity index (χ2v) is 6.56. The average Bonchev–Trinajstić information content (AvgIpc) is 2.91. The number of benzene rings is 2. The standard InChI is InChI=1S/C21H21N3O/c1-14(2)18(12-22)15-8-10-17(11-9-15)24-13-19(25)20(21(24)23)16-6-4-3-5-7-16/h3-11,14,18,23,25H,13H2,1-2H3/t18-/m0/s1. The van der Waals surface area contributed by atoms with Crippen molar-refractivity contribution in [2.45, 2.75) is 19.8 Å². The summed E-state index contributed by atoms with van der Waals surface area (Å²) in [7, 11) is 0. The van der Waals surface area contributed by atoms with Gasteiger partial charge in [0.2, 0.25) is 0 Å². The van der Waals surface area contributed by atoms with Crippen LogP contribution in [-0.2, 0) is 0 Å². The summed E-state index contributed by atoms with van der Waals surface area (Å²) in [6, 6.07) is 19.6. The third-order valence-electron chi connectivity index (χ3n) is 4.54. The molecule has 1 aliphatic rings. The van der Waals surface area contributed by atoms with Crippen LogP contribution in [0.15, 0.2) is 60.4 Å². The first-order valence-corrected chi connectivity index (χ1v) is 8.36. The lowest BCUT2D eigenvalue weighted by Gasteiger charge is -2.20. The predicted molar refractivity (Wildman–Crippen MR) is 101 cm³/mol. The molecule has 1 aliphatic heterocycles. The van der Waals surface area contributed by atoms with E-state index in [2.05, 4.69) is 6.07 Å². The van der Waals surface area contributed by atoms with Gasteiger partial charge in [0, 0.05) is 5.69 Å². The van der Waals surface area contributed by atoms with Gasteiger partial charge in [0.1, 0.15) is 11.6 Å². The van der Waals surface area contributed by atoms with E-state index in [1.54, 1.807) is 4.90 Å². The molecule has 126 valence electrons. The van der Waals surface area contributed by atoms with E-state index in [9.17, 15) is 10.4 Å². The monoisotopic (exact) mass is 331 g/mol. The average molecular weight is 331 g/mol. The number of nitrogens with zero attached hydrogens (tertiary/aromatic N) is 2. The Labute approximate surface area is 148 Å². The summed E-state index contributed by atoms with van der Waals surface area (Å²) < 4.78 is 0. The molecule has 4 nitrogen and oxygen atoms in total. The van der Waals surface area contributed by atoms with Gasteiger partial charge in [0.05, 0.1) is 24.1 Å². The maximum Gasteiger partial charge on any atom is 0.137 e. The summed E-state index contributed by atoms with van der Waals surface area (Å²) in [5.41, 5.74) is 3.23. The summed E-state index contributed by atoms with van der Waals surface area (Å²) in [6.45, 7) is 4.35. The second-order valence-electron chi connectivity index (χ2n) is 6.56. The molecule has 25 heavy (non-hydrogen) atoms. The Hall–Kier alpha value is -3.06. The van der Waals surface area contributed by atoms with Crippen LogP contribution in [0.1, 0.15) is 30.9 Å². The minimum Gasteiger partial charge on any atom is -0.510 e. The van der Waals surface area contributed by atoms with Crippen molar-refractivity contribution in [3.63, 3.8) is 0 Å². The van der Waals surface area contributed by atoms with Crippen LogP contribution in [0.2, 0.25) is 0 Å². The first-order chi connectivity index (χ1) is 12.0. The fourth-order valence-electron chi connectivity index (χ4n) is 3.18. The highest BCUT2D eigenvalue weighted by atomic mass is 16.3. The van der Waals surface area contributed by atoms with Gasteiger partial charge < -0.3 is 10.0 Å². The quantitative estimate of drug-likeness (QED) is 0.852. The maximum atomic E-state index is 10.4. The zero-order chi connectivity index (χ0) is 18.0. The first kappa shape index (κ1) is 16.8. The molecule has 4 heteroatoms. The fourth-order valence-corrected chi connectivity index (χ4v) is 3.18. The molecule has 3 rings (SSSR count). The van der Waals surface area contributed by atoms with Gasteiger partial charge >= 0.3 is 0 Å². The number of amidine groups is 1. The van der Waals surface area contributed by atoms with Crippen molar-refractivity contribution < 1.29 is 5.11 Å². The number of hydrogen-bond donors (Lipinski definition) is 2. The fraction of sp³-hybridized carbons (Fsp3) is 0.238. The van der Waals surface area contributed by atoms with E-state index in [0.29, 0.717) is 5.57 Å². The van der Waals surface area contributed by atoms with Gasteiger partial charge in [-0.3, -0.25) is 5.41 Å². The molecule has 2 N–H and O–H groups in total. The smallest absolute Gasteiger partial charge is 0.137 e. The number of aliphatic hydroxyl groups is 1. The lowest BCUT2D eigenvalue weighted by atomic mass is 9.90. The van der Waals surface area contributed by atoms with E-state index in [4.69, 9.17) is 5.41 Å². The molecular formula is C21H21N3O. The van der Waals surface area contributed by atoms with Crippen LogP contribution in [0.4, 0.5) is 5.69 Å². The molecule has 2 aromatic carbocycles. The molecule has 1 heterocycles. The topological polar surface area (TPSA) is 71.1 Å². The van der Waals surface area contributed by atoms with Crippen molar-refractivity contribution in [1.82, 2.24) is 0 Å². The van der Waals surface area contributed by atoms with Crippen molar-refractivity contribution in [1.29, 1.82) is 10.7 Å². The summed E-state index contributed by atoms with van der Waals surface area (Å²) in [4.78, 5) is 1.78. The van der Waals surface area contributed by atoms with Gasteiger partial charge in [0.25, 0.3) is 0 Å². The van der Waals surface area contributed by atoms with E-state index in [1.807, 2.05) is 68.4 Å². The number of nitrogens with one attached hydrogen (secondary N) is 1. The lowest BCUT2D eigenvalue weighted by molar-refractivity contribution is 0.411. The van der Waals surface area contributed by atoms with Crippen molar-refractivity contribution in [2.24, 2.45) is 5.92 Å². The highest BCUT2D eigenvalue weighted by molar-refractivity contribution is 6.30. The van der Waals surface area contributed by atoms with E-state index < -0.39 is 0 Å². The summed E-state index contributed by atoms with van der Waals surface area (Å²) in [5.74, 6) is 0.601. The highest BCUT2D eigenvalue weighted by Crippen LogP contribution is 2.32. The highest BCUT2D eigenvalue weighted by Gasteiger charge is 2.29. The van der Waals surface area contributed by atoms with E-state index >= 15 is 0 Å². The van der Waals surface area contributed by atoms with Gasteiger partial charge in [-0.2, -0.15) is 5.26 Å². The summed E-state index contributed by atoms with van der Waals surface area (Å²) >= 11 is 0. The van der Waals surface area contributed by atoms with Gasteiger partial charge in [0.15, 0.2) is 0 Å². The number of rotatable bonds is 4. The van der Waals surface area contributed by atoms with E-state index in [-0.39, 0.29) is 30.0 Å². The number of hydrogen-bond acceptors (Lipinski definition) is 3. The third kappa shape index (κ3) is 3.14. The number of nitriles is 1. The normalized spacial score (nSPS) is 15.6. The largest absolute Gasteiger partial charge is 0.510 e. The Balaban J connectivity index is 1.85. The van der Waals surface area contributed by atoms with Crippen LogP contribution >= 0.6 is 0 Å². The first-order valence-electron chi connectivity index (χ1n) is 8.36. The molecule has 0 amide bonds. The van der Waals surface area contributed by atoms with E-state index in [1.165, 1.54) is 0 Å². The van der Waals surface area contributed by atoms with Crippen LogP contribution < -0.4 is 4.90 Å². The molecule has 0 saturated carbocycles. The van der Waals surface area contributed by atoms with Crippen molar-refractivity contribution in [3.8, 4) is 6.07 Å².